The molecule has 0 fully saturated rings. The van der Waals surface area contributed by atoms with Gasteiger partial charge in [0.05, 0.1) is 0 Å². The minimum absolute atomic E-state index is 0.406. The molecule has 1 heteroatoms. The summed E-state index contributed by atoms with van der Waals surface area (Å²) in [5.74, 6) is 0.406. The van der Waals surface area contributed by atoms with Gasteiger partial charge in [-0.15, -0.1) is 0 Å². The van der Waals surface area contributed by atoms with Crippen molar-refractivity contribution in [3.05, 3.63) is 106 Å². The summed E-state index contributed by atoms with van der Waals surface area (Å²) < 4.78 is 0. The zero-order valence-corrected chi connectivity index (χ0v) is 14.7. The monoisotopic (exact) mass is 325 g/mol. The highest BCUT2D eigenvalue weighted by molar-refractivity contribution is 5.49. The Morgan fingerprint density at radius 2 is 1.12 bits per heavy atom. The molecule has 0 radical (unpaired) electrons. The fourth-order valence-electron chi connectivity index (χ4n) is 4.91. The number of nitrogens with zero attached hydrogens (tertiary/aromatic N) is 1. The number of benzene rings is 3. The van der Waals surface area contributed by atoms with Crippen molar-refractivity contribution in [1.29, 1.82) is 0 Å². The van der Waals surface area contributed by atoms with E-state index in [1.54, 1.807) is 0 Å². The van der Waals surface area contributed by atoms with Crippen LogP contribution in [0.5, 0.6) is 0 Å². The van der Waals surface area contributed by atoms with Crippen molar-refractivity contribution < 1.29 is 0 Å². The van der Waals surface area contributed by atoms with Gasteiger partial charge >= 0.3 is 0 Å². The van der Waals surface area contributed by atoms with Crippen molar-refractivity contribution >= 4 is 0 Å². The summed E-state index contributed by atoms with van der Waals surface area (Å²) in [6, 6.07) is 27.6. The van der Waals surface area contributed by atoms with E-state index in [-0.39, 0.29) is 0 Å². The normalized spacial score (nSPS) is 19.8. The molecule has 3 aromatic carbocycles. The molecule has 124 valence electrons. The summed E-state index contributed by atoms with van der Waals surface area (Å²) in [5, 5.41) is 0. The Morgan fingerprint density at radius 1 is 0.640 bits per heavy atom. The first-order valence-electron chi connectivity index (χ1n) is 9.26. The maximum absolute atomic E-state index is 2.54. The molecule has 0 saturated carbocycles. The van der Waals surface area contributed by atoms with Crippen LogP contribution in [0.2, 0.25) is 0 Å². The van der Waals surface area contributed by atoms with E-state index >= 15 is 0 Å². The fourth-order valence-corrected chi connectivity index (χ4v) is 4.91. The highest BCUT2D eigenvalue weighted by Crippen LogP contribution is 2.48. The summed E-state index contributed by atoms with van der Waals surface area (Å²) in [6.07, 6.45) is 2.28. The van der Waals surface area contributed by atoms with Crippen LogP contribution in [-0.4, -0.2) is 11.9 Å². The summed E-state index contributed by atoms with van der Waals surface area (Å²) in [6.45, 7) is 1.04. The lowest BCUT2D eigenvalue weighted by Gasteiger charge is -2.32. The van der Waals surface area contributed by atoms with Crippen LogP contribution < -0.4 is 0 Å². The Kier molecular flexibility index (Phi) is 3.50. The fraction of sp³-hybridized carbons (Fsp3) is 0.250. The second-order valence-corrected chi connectivity index (χ2v) is 7.43. The summed E-state index contributed by atoms with van der Waals surface area (Å²) in [7, 11) is 2.28. The van der Waals surface area contributed by atoms with Crippen LogP contribution in [-0.2, 0) is 19.4 Å². The van der Waals surface area contributed by atoms with Crippen LogP contribution in [0.1, 0.15) is 45.3 Å². The summed E-state index contributed by atoms with van der Waals surface area (Å²) in [5.41, 5.74) is 9.04. The van der Waals surface area contributed by atoms with Crippen molar-refractivity contribution in [2.45, 2.75) is 31.3 Å². The molecular formula is C24H23N. The quantitative estimate of drug-likeness (QED) is 0.601. The first kappa shape index (κ1) is 14.9. The van der Waals surface area contributed by atoms with E-state index < -0.39 is 0 Å². The van der Waals surface area contributed by atoms with Crippen molar-refractivity contribution in [2.24, 2.45) is 0 Å². The van der Waals surface area contributed by atoms with Gasteiger partial charge in [0.2, 0.25) is 0 Å². The standard InChI is InChI=1S/C24H23N/c1-25-16-19-10-4-7-13-22(19)24(25)23-20-11-5-2-8-17(20)14-15-18-9-3-6-12-21(18)23/h2-13,23-24H,14-16H2,1H3/t24-/m0/s1. The zero-order valence-electron chi connectivity index (χ0n) is 14.7. The molecule has 0 spiro atoms. The molecule has 0 aromatic heterocycles. The molecule has 1 atom stereocenters. The Balaban J connectivity index is 1.75. The third-order valence-electron chi connectivity index (χ3n) is 6.03. The molecule has 1 heterocycles. The van der Waals surface area contributed by atoms with Crippen molar-refractivity contribution in [1.82, 2.24) is 4.90 Å². The molecule has 0 bridgehead atoms. The van der Waals surface area contributed by atoms with Gasteiger partial charge in [0, 0.05) is 18.5 Å². The topological polar surface area (TPSA) is 3.24 Å². The zero-order chi connectivity index (χ0) is 16.8. The SMILES string of the molecule is CN1Cc2ccccc2[C@H]1C1c2ccccc2CCc2ccccc21. The smallest absolute Gasteiger partial charge is 0.0461 e. The summed E-state index contributed by atoms with van der Waals surface area (Å²) >= 11 is 0. The average molecular weight is 325 g/mol. The van der Waals surface area contributed by atoms with Crippen LogP contribution in [0.4, 0.5) is 0 Å². The van der Waals surface area contributed by atoms with Gasteiger partial charge in [0.15, 0.2) is 0 Å². The van der Waals surface area contributed by atoms with Crippen LogP contribution >= 0.6 is 0 Å². The summed E-state index contributed by atoms with van der Waals surface area (Å²) in [4.78, 5) is 2.54. The van der Waals surface area contributed by atoms with E-state index in [9.17, 15) is 0 Å². The molecule has 3 aromatic rings. The third-order valence-corrected chi connectivity index (χ3v) is 6.03. The first-order valence-corrected chi connectivity index (χ1v) is 9.26. The lowest BCUT2D eigenvalue weighted by Crippen LogP contribution is -2.24. The van der Waals surface area contributed by atoms with Gasteiger partial charge in [-0.3, -0.25) is 4.90 Å². The number of aryl methyl sites for hydroxylation is 2. The van der Waals surface area contributed by atoms with Crippen LogP contribution in [0.25, 0.3) is 0 Å². The van der Waals surface area contributed by atoms with Crippen LogP contribution in [0.15, 0.2) is 72.8 Å². The molecule has 1 aliphatic heterocycles. The second kappa shape index (κ2) is 5.86. The van der Waals surface area contributed by atoms with E-state index in [4.69, 9.17) is 0 Å². The number of rotatable bonds is 1. The van der Waals surface area contributed by atoms with E-state index in [1.807, 2.05) is 0 Å². The molecule has 25 heavy (non-hydrogen) atoms. The van der Waals surface area contributed by atoms with Crippen molar-refractivity contribution in [3.8, 4) is 0 Å². The Morgan fingerprint density at radius 3 is 1.72 bits per heavy atom. The van der Waals surface area contributed by atoms with Gasteiger partial charge in [-0.25, -0.2) is 0 Å². The Bertz CT molecular complexity index is 879. The lowest BCUT2D eigenvalue weighted by molar-refractivity contribution is 0.247. The van der Waals surface area contributed by atoms with Gasteiger partial charge in [0.1, 0.15) is 0 Å². The molecule has 0 N–H and O–H groups in total. The van der Waals surface area contributed by atoms with Gasteiger partial charge in [-0.1, -0.05) is 72.8 Å². The van der Waals surface area contributed by atoms with Gasteiger partial charge < -0.3 is 0 Å². The first-order chi connectivity index (χ1) is 12.3. The largest absolute Gasteiger partial charge is 0.294 e. The molecule has 5 rings (SSSR count). The van der Waals surface area contributed by atoms with E-state index in [2.05, 4.69) is 84.7 Å². The molecule has 2 aliphatic rings. The predicted octanol–water partition coefficient (Wildman–Crippen LogP) is 5.10. The van der Waals surface area contributed by atoms with Crippen molar-refractivity contribution in [3.63, 3.8) is 0 Å². The maximum Gasteiger partial charge on any atom is 0.0461 e. The van der Waals surface area contributed by atoms with Crippen LogP contribution in [0, 0.1) is 0 Å². The Labute approximate surface area is 149 Å². The van der Waals surface area contributed by atoms with E-state index in [0.29, 0.717) is 12.0 Å². The number of hydrogen-bond acceptors (Lipinski definition) is 1. The molecule has 0 amide bonds. The average Bonchev–Trinajstić information content (AvgIpc) is 2.88. The molecule has 1 aliphatic carbocycles. The van der Waals surface area contributed by atoms with Gasteiger partial charge in [-0.2, -0.15) is 0 Å². The Hall–Kier alpha value is -2.38. The van der Waals surface area contributed by atoms with Crippen molar-refractivity contribution in [2.75, 3.05) is 7.05 Å². The highest BCUT2D eigenvalue weighted by Gasteiger charge is 2.37. The maximum atomic E-state index is 2.54. The van der Waals surface area contributed by atoms with E-state index in [1.165, 1.54) is 33.4 Å². The number of fused-ring (bicyclic) bond motifs is 3. The molecule has 1 nitrogen and oxygen atoms in total. The minimum Gasteiger partial charge on any atom is -0.294 e. The lowest BCUT2D eigenvalue weighted by atomic mass is 9.80. The predicted molar refractivity (Wildman–Crippen MR) is 103 cm³/mol. The highest BCUT2D eigenvalue weighted by atomic mass is 15.2. The second-order valence-electron chi connectivity index (χ2n) is 7.43. The van der Waals surface area contributed by atoms with Gasteiger partial charge in [-0.05, 0) is 53.3 Å². The number of likely N-dealkylation sites (N-methyl/N-ethyl adjacent to an activating group) is 1. The number of hydrogen-bond donors (Lipinski definition) is 0. The molecule has 0 unspecified atom stereocenters. The minimum atomic E-state index is 0.406. The molecule has 0 saturated heterocycles. The van der Waals surface area contributed by atoms with Crippen LogP contribution in [0.3, 0.4) is 0 Å². The van der Waals surface area contributed by atoms with E-state index in [0.717, 1.165) is 19.4 Å². The molecular weight excluding hydrogens is 302 g/mol. The van der Waals surface area contributed by atoms with Gasteiger partial charge in [0.25, 0.3) is 0 Å². The third kappa shape index (κ3) is 2.34.